The topological polar surface area (TPSA) is 98.6 Å². The van der Waals surface area contributed by atoms with Crippen molar-refractivity contribution in [3.8, 4) is 0 Å². The maximum atomic E-state index is 12.0. The molecule has 1 aliphatic rings. The van der Waals surface area contributed by atoms with Crippen molar-refractivity contribution in [1.29, 1.82) is 0 Å². The Labute approximate surface area is 174 Å². The van der Waals surface area contributed by atoms with Gasteiger partial charge in [-0.1, -0.05) is 6.92 Å². The van der Waals surface area contributed by atoms with Gasteiger partial charge in [0.05, 0.1) is 17.6 Å². The Kier molecular flexibility index (Phi) is 5.54. The van der Waals surface area contributed by atoms with Gasteiger partial charge in [-0.15, -0.1) is 0 Å². The zero-order chi connectivity index (χ0) is 21.3. The molecule has 2 N–H and O–H groups in total. The highest BCUT2D eigenvalue weighted by Gasteiger charge is 2.25. The number of H-pyrrole nitrogens is 1. The van der Waals surface area contributed by atoms with Gasteiger partial charge in [-0.3, -0.25) is 14.5 Å². The number of hydrogen-bond acceptors (Lipinski definition) is 6. The molecule has 30 heavy (non-hydrogen) atoms. The number of anilines is 1. The van der Waals surface area contributed by atoms with Crippen LogP contribution in [0.3, 0.4) is 0 Å². The van der Waals surface area contributed by atoms with Gasteiger partial charge in [0.1, 0.15) is 11.3 Å². The molecule has 1 aliphatic heterocycles. The van der Waals surface area contributed by atoms with Gasteiger partial charge in [-0.2, -0.15) is 5.10 Å². The van der Waals surface area contributed by atoms with E-state index in [1.807, 2.05) is 25.3 Å². The average molecular weight is 409 g/mol. The van der Waals surface area contributed by atoms with E-state index in [1.54, 1.807) is 23.8 Å². The molecular formula is C21H27N7O2. The van der Waals surface area contributed by atoms with E-state index in [0.29, 0.717) is 18.2 Å². The summed E-state index contributed by atoms with van der Waals surface area (Å²) in [6.45, 7) is 7.54. The molecule has 0 aromatic carbocycles. The number of pyridine rings is 1. The van der Waals surface area contributed by atoms with Crippen molar-refractivity contribution in [3.05, 3.63) is 57.9 Å². The molecule has 3 aromatic rings. The SMILES string of the molecule is CCc1cn2nc(CN3CCN(c4ccc(C(=O)NC)nc4)C(C)C3)cc2[nH]c1=O. The number of carbonyl (C=O) groups excluding carboxylic acids is 1. The molecule has 1 atom stereocenters. The average Bonchev–Trinajstić information content (AvgIpc) is 3.13. The molecule has 9 heteroatoms. The van der Waals surface area contributed by atoms with Crippen LogP contribution in [-0.2, 0) is 13.0 Å². The summed E-state index contributed by atoms with van der Waals surface area (Å²) in [4.78, 5) is 35.6. The number of piperazine rings is 1. The lowest BCUT2D eigenvalue weighted by Crippen LogP contribution is -2.51. The Bertz CT molecular complexity index is 1100. The number of carbonyl (C=O) groups is 1. The van der Waals surface area contributed by atoms with Gasteiger partial charge in [0, 0.05) is 57.1 Å². The molecule has 0 spiro atoms. The van der Waals surface area contributed by atoms with Crippen molar-refractivity contribution >= 4 is 17.2 Å². The summed E-state index contributed by atoms with van der Waals surface area (Å²) in [5.74, 6) is -0.181. The Morgan fingerprint density at radius 1 is 1.33 bits per heavy atom. The molecule has 0 bridgehead atoms. The van der Waals surface area contributed by atoms with Gasteiger partial charge in [-0.05, 0) is 25.5 Å². The minimum absolute atomic E-state index is 0.0465. The molecule has 0 saturated carbocycles. The highest BCUT2D eigenvalue weighted by Crippen LogP contribution is 2.21. The molecule has 1 fully saturated rings. The molecule has 0 aliphatic carbocycles. The fourth-order valence-electron chi connectivity index (χ4n) is 3.98. The van der Waals surface area contributed by atoms with Crippen LogP contribution in [0, 0.1) is 0 Å². The summed E-state index contributed by atoms with van der Waals surface area (Å²) >= 11 is 0. The van der Waals surface area contributed by atoms with E-state index in [0.717, 1.165) is 48.8 Å². The molecule has 4 rings (SSSR count). The Morgan fingerprint density at radius 2 is 2.17 bits per heavy atom. The van der Waals surface area contributed by atoms with Crippen molar-refractivity contribution < 1.29 is 4.79 Å². The molecule has 3 aromatic heterocycles. The third-order valence-electron chi connectivity index (χ3n) is 5.62. The van der Waals surface area contributed by atoms with Crippen LogP contribution in [0.1, 0.15) is 35.6 Å². The summed E-state index contributed by atoms with van der Waals surface area (Å²) in [6.07, 6.45) is 4.26. The standard InChI is InChI=1S/C21H27N7O2/c1-4-15-12-28-19(24-20(15)29)9-16(25-28)13-26-7-8-27(14(2)11-26)17-5-6-18(23-10-17)21(30)22-3/h5-6,9-10,12,14H,4,7-8,11,13H2,1-3H3,(H,22,30)(H,24,29). The lowest BCUT2D eigenvalue weighted by Gasteiger charge is -2.41. The van der Waals surface area contributed by atoms with Crippen LogP contribution in [0.25, 0.3) is 5.65 Å². The van der Waals surface area contributed by atoms with Crippen LogP contribution in [-0.4, -0.2) is 63.1 Å². The monoisotopic (exact) mass is 409 g/mol. The molecule has 158 valence electrons. The summed E-state index contributed by atoms with van der Waals surface area (Å²) in [7, 11) is 1.60. The van der Waals surface area contributed by atoms with Crippen LogP contribution >= 0.6 is 0 Å². The summed E-state index contributed by atoms with van der Waals surface area (Å²) in [5.41, 5.74) is 3.79. The first-order chi connectivity index (χ1) is 14.5. The third-order valence-corrected chi connectivity index (χ3v) is 5.62. The van der Waals surface area contributed by atoms with Crippen molar-refractivity contribution in [2.24, 2.45) is 0 Å². The lowest BCUT2D eigenvalue weighted by atomic mass is 10.1. The van der Waals surface area contributed by atoms with Crippen LogP contribution in [0.2, 0.25) is 0 Å². The second kappa shape index (κ2) is 8.27. The smallest absolute Gasteiger partial charge is 0.269 e. The van der Waals surface area contributed by atoms with Gasteiger partial charge in [-0.25, -0.2) is 9.50 Å². The number of rotatable bonds is 5. The van der Waals surface area contributed by atoms with Crippen LogP contribution in [0.4, 0.5) is 5.69 Å². The summed E-state index contributed by atoms with van der Waals surface area (Å²) in [5, 5.41) is 7.22. The second-order valence-electron chi connectivity index (χ2n) is 7.69. The first kappa shape index (κ1) is 20.1. The largest absolute Gasteiger partial charge is 0.365 e. The van der Waals surface area contributed by atoms with Gasteiger partial charge in [0.2, 0.25) is 0 Å². The number of fused-ring (bicyclic) bond motifs is 1. The highest BCUT2D eigenvalue weighted by atomic mass is 16.1. The zero-order valence-corrected chi connectivity index (χ0v) is 17.6. The van der Waals surface area contributed by atoms with E-state index in [4.69, 9.17) is 0 Å². The molecule has 1 unspecified atom stereocenters. The molecule has 0 radical (unpaired) electrons. The van der Waals surface area contributed by atoms with E-state index in [-0.39, 0.29) is 11.5 Å². The fourth-order valence-corrected chi connectivity index (χ4v) is 3.98. The number of aromatic amines is 1. The van der Waals surface area contributed by atoms with E-state index in [2.05, 4.69) is 37.1 Å². The Balaban J connectivity index is 1.42. The Morgan fingerprint density at radius 3 is 2.83 bits per heavy atom. The lowest BCUT2D eigenvalue weighted by molar-refractivity contribution is 0.0958. The van der Waals surface area contributed by atoms with Crippen LogP contribution in [0.5, 0.6) is 0 Å². The first-order valence-corrected chi connectivity index (χ1v) is 10.3. The molecule has 1 amide bonds. The quantitative estimate of drug-likeness (QED) is 0.654. The van der Waals surface area contributed by atoms with Crippen LogP contribution in [0.15, 0.2) is 35.4 Å². The normalized spacial score (nSPS) is 17.4. The van der Waals surface area contributed by atoms with Crippen molar-refractivity contribution in [1.82, 2.24) is 29.8 Å². The predicted octanol–water partition coefficient (Wildman–Crippen LogP) is 1.05. The number of aryl methyl sites for hydroxylation is 1. The van der Waals surface area contributed by atoms with Crippen molar-refractivity contribution in [2.75, 3.05) is 31.6 Å². The van der Waals surface area contributed by atoms with E-state index >= 15 is 0 Å². The van der Waals surface area contributed by atoms with Gasteiger partial charge in [0.15, 0.2) is 0 Å². The summed E-state index contributed by atoms with van der Waals surface area (Å²) < 4.78 is 1.76. The van der Waals surface area contributed by atoms with Crippen molar-refractivity contribution in [2.45, 2.75) is 32.9 Å². The summed E-state index contributed by atoms with van der Waals surface area (Å²) in [6, 6.07) is 5.96. The molecule has 9 nitrogen and oxygen atoms in total. The van der Waals surface area contributed by atoms with Crippen LogP contribution < -0.4 is 15.8 Å². The minimum atomic E-state index is -0.181. The first-order valence-electron chi connectivity index (χ1n) is 10.3. The molecule has 4 heterocycles. The van der Waals surface area contributed by atoms with Gasteiger partial charge < -0.3 is 15.2 Å². The van der Waals surface area contributed by atoms with Crippen molar-refractivity contribution in [3.63, 3.8) is 0 Å². The van der Waals surface area contributed by atoms with Gasteiger partial charge in [0.25, 0.3) is 11.5 Å². The van der Waals surface area contributed by atoms with Gasteiger partial charge >= 0.3 is 0 Å². The zero-order valence-electron chi connectivity index (χ0n) is 17.6. The van der Waals surface area contributed by atoms with E-state index in [9.17, 15) is 9.59 Å². The number of nitrogens with zero attached hydrogens (tertiary/aromatic N) is 5. The highest BCUT2D eigenvalue weighted by molar-refractivity contribution is 5.92. The maximum absolute atomic E-state index is 12.0. The molecular weight excluding hydrogens is 382 g/mol. The molecule has 1 saturated heterocycles. The second-order valence-corrected chi connectivity index (χ2v) is 7.69. The third kappa shape index (κ3) is 3.93. The Hall–Kier alpha value is -3.20. The predicted molar refractivity (Wildman–Crippen MR) is 115 cm³/mol. The number of aromatic nitrogens is 4. The fraction of sp³-hybridized carbons (Fsp3) is 0.429. The number of hydrogen-bond donors (Lipinski definition) is 2. The maximum Gasteiger partial charge on any atom is 0.269 e. The number of amides is 1. The van der Waals surface area contributed by atoms with E-state index < -0.39 is 0 Å². The van der Waals surface area contributed by atoms with E-state index in [1.165, 1.54) is 0 Å². The minimum Gasteiger partial charge on any atom is -0.365 e. The number of nitrogens with one attached hydrogen (secondary N) is 2.